The zero-order valence-corrected chi connectivity index (χ0v) is 23.1. The largest absolute Gasteiger partial charge is 0.497 e. The van der Waals surface area contributed by atoms with Crippen LogP contribution in [0.4, 0.5) is 4.79 Å². The van der Waals surface area contributed by atoms with Gasteiger partial charge in [-0.05, 0) is 67.3 Å². The Morgan fingerprint density at radius 1 is 1.32 bits per heavy atom. The van der Waals surface area contributed by atoms with E-state index in [-0.39, 0.29) is 30.1 Å². The zero-order valence-electron chi connectivity index (χ0n) is 22.3. The highest BCUT2D eigenvalue weighted by molar-refractivity contribution is 7.12. The fraction of sp³-hybridized carbons (Fsp3) is 0.448. The van der Waals surface area contributed by atoms with Crippen molar-refractivity contribution in [2.24, 2.45) is 13.0 Å². The van der Waals surface area contributed by atoms with Crippen LogP contribution in [-0.2, 0) is 35.8 Å². The molecule has 0 saturated carbocycles. The number of hydrogen-bond acceptors (Lipinski definition) is 7. The average molecular weight is 535 g/mol. The smallest absolute Gasteiger partial charge is 0.407 e. The number of carbonyl (C=O) groups excluding carboxylic acids is 2. The maximum Gasteiger partial charge on any atom is 0.407 e. The molecule has 0 bridgehead atoms. The van der Waals surface area contributed by atoms with Crippen molar-refractivity contribution in [2.75, 3.05) is 13.7 Å². The van der Waals surface area contributed by atoms with E-state index in [1.165, 1.54) is 0 Å². The summed E-state index contributed by atoms with van der Waals surface area (Å²) < 4.78 is 12.6. The minimum absolute atomic E-state index is 0.0611. The normalized spacial score (nSPS) is 16.1. The first-order valence-electron chi connectivity index (χ1n) is 12.9. The Balaban J connectivity index is 1.32. The lowest BCUT2D eigenvalue weighted by molar-refractivity contribution is -0.118. The summed E-state index contributed by atoms with van der Waals surface area (Å²) in [6.45, 7) is 4.24. The average Bonchev–Trinajstić information content (AvgIpc) is 3.49. The minimum atomic E-state index is -0.454. The lowest BCUT2D eigenvalue weighted by atomic mass is 9.87. The fourth-order valence-corrected chi connectivity index (χ4v) is 6.51. The van der Waals surface area contributed by atoms with Crippen LogP contribution < -0.4 is 10.1 Å². The summed E-state index contributed by atoms with van der Waals surface area (Å²) in [6.07, 6.45) is 4.25. The first-order chi connectivity index (χ1) is 18.3. The third-order valence-corrected chi connectivity index (χ3v) is 8.45. The molecule has 0 spiro atoms. The van der Waals surface area contributed by atoms with Gasteiger partial charge in [-0.25, -0.2) is 4.79 Å². The van der Waals surface area contributed by atoms with E-state index < -0.39 is 6.09 Å². The van der Waals surface area contributed by atoms with Crippen LogP contribution in [0.3, 0.4) is 0 Å². The molecule has 3 atom stereocenters. The van der Waals surface area contributed by atoms with Gasteiger partial charge in [0.1, 0.15) is 17.6 Å². The second kappa shape index (κ2) is 12.3. The van der Waals surface area contributed by atoms with Crippen LogP contribution in [0.5, 0.6) is 5.75 Å². The Morgan fingerprint density at radius 2 is 2.13 bits per heavy atom. The number of amides is 1. The van der Waals surface area contributed by atoms with Gasteiger partial charge >= 0.3 is 6.09 Å². The van der Waals surface area contributed by atoms with E-state index in [0.29, 0.717) is 18.6 Å². The van der Waals surface area contributed by atoms with Crippen LogP contribution in [0.2, 0.25) is 0 Å². The van der Waals surface area contributed by atoms with E-state index >= 15 is 0 Å². The van der Waals surface area contributed by atoms with Crippen molar-refractivity contribution in [3.05, 3.63) is 68.7 Å². The molecule has 1 aliphatic carbocycles. The van der Waals surface area contributed by atoms with Crippen molar-refractivity contribution in [2.45, 2.75) is 57.9 Å². The van der Waals surface area contributed by atoms with Gasteiger partial charge in [0.05, 0.1) is 31.0 Å². The van der Waals surface area contributed by atoms with Crippen LogP contribution in [0.15, 0.2) is 36.5 Å². The Labute approximate surface area is 227 Å². The number of methoxy groups -OCH3 is 1. The summed E-state index contributed by atoms with van der Waals surface area (Å²) in [5.41, 5.74) is 3.68. The van der Waals surface area contributed by atoms with Crippen LogP contribution >= 0.6 is 11.3 Å². The molecule has 200 valence electrons. The lowest BCUT2D eigenvalue weighted by Gasteiger charge is -2.22. The molecule has 3 aromatic rings. The molecular weight excluding hydrogens is 500 g/mol. The first-order valence-corrected chi connectivity index (χ1v) is 13.7. The molecule has 38 heavy (non-hydrogen) atoms. The molecule has 3 unspecified atom stereocenters. The molecule has 9 heteroatoms. The third kappa shape index (κ3) is 6.43. The molecule has 0 radical (unpaired) electrons. The van der Waals surface area contributed by atoms with Gasteiger partial charge in [0, 0.05) is 35.8 Å². The monoisotopic (exact) mass is 534 g/mol. The lowest BCUT2D eigenvalue weighted by Crippen LogP contribution is -2.31. The number of Topliss-reactive ketones (excluding diaryl/α,β-unsaturated/α-hetero) is 1. The number of aromatic nitrogens is 2. The Morgan fingerprint density at radius 3 is 2.84 bits per heavy atom. The second-order valence-electron chi connectivity index (χ2n) is 9.96. The van der Waals surface area contributed by atoms with Gasteiger partial charge in [0.25, 0.3) is 0 Å². The summed E-state index contributed by atoms with van der Waals surface area (Å²) >= 11 is 1.56. The Hall–Kier alpha value is -3.64. The number of nitrogens with zero attached hydrogens (tertiary/aromatic N) is 3. The number of nitriles is 1. The number of carbonyl (C=O) groups is 2. The fourth-order valence-electron chi connectivity index (χ4n) is 5.06. The molecule has 2 aromatic heterocycles. The van der Waals surface area contributed by atoms with E-state index in [0.717, 1.165) is 51.6 Å². The Kier molecular flexibility index (Phi) is 8.85. The molecule has 1 N–H and O–H groups in total. The quantitative estimate of drug-likeness (QED) is 0.380. The number of alkyl carbamates (subject to hydrolysis) is 1. The molecule has 4 rings (SSSR count). The number of benzene rings is 1. The van der Waals surface area contributed by atoms with E-state index in [1.807, 2.05) is 51.2 Å². The van der Waals surface area contributed by atoms with Crippen LogP contribution in [-0.4, -0.2) is 35.4 Å². The van der Waals surface area contributed by atoms with E-state index in [4.69, 9.17) is 9.47 Å². The topological polar surface area (TPSA) is 106 Å². The second-order valence-corrected chi connectivity index (χ2v) is 11.2. The molecule has 0 fully saturated rings. The first kappa shape index (κ1) is 27.4. The van der Waals surface area contributed by atoms with E-state index in [2.05, 4.69) is 16.5 Å². The Bertz CT molecular complexity index is 1340. The predicted octanol–water partition coefficient (Wildman–Crippen LogP) is 5.26. The van der Waals surface area contributed by atoms with Gasteiger partial charge in [-0.2, -0.15) is 10.4 Å². The number of nitrogens with one attached hydrogen (secondary N) is 1. The van der Waals surface area contributed by atoms with Crippen molar-refractivity contribution in [1.29, 1.82) is 5.26 Å². The number of thiophene rings is 1. The van der Waals surface area contributed by atoms with Gasteiger partial charge in [-0.1, -0.05) is 19.1 Å². The molecule has 8 nitrogen and oxygen atoms in total. The molecule has 0 saturated heterocycles. The molecule has 1 amide bonds. The molecule has 1 aliphatic rings. The van der Waals surface area contributed by atoms with Gasteiger partial charge in [0.2, 0.25) is 0 Å². The molecule has 0 aliphatic heterocycles. The summed E-state index contributed by atoms with van der Waals surface area (Å²) in [7, 11) is 3.46. The van der Waals surface area contributed by atoms with Crippen LogP contribution in [0, 0.1) is 17.2 Å². The van der Waals surface area contributed by atoms with Gasteiger partial charge in [-0.3, -0.25) is 9.48 Å². The van der Waals surface area contributed by atoms with Gasteiger partial charge < -0.3 is 14.8 Å². The zero-order chi connectivity index (χ0) is 27.2. The van der Waals surface area contributed by atoms with Crippen molar-refractivity contribution in [1.82, 2.24) is 15.1 Å². The highest BCUT2D eigenvalue weighted by Crippen LogP contribution is 2.37. The molecule has 2 heterocycles. The highest BCUT2D eigenvalue weighted by Gasteiger charge is 2.28. The number of ether oxygens (including phenoxy) is 2. The summed E-state index contributed by atoms with van der Waals surface area (Å²) in [5.74, 6) is 1.14. The minimum Gasteiger partial charge on any atom is -0.497 e. The summed E-state index contributed by atoms with van der Waals surface area (Å²) in [4.78, 5) is 27.3. The molecular formula is C29H34N4O4S. The van der Waals surface area contributed by atoms with Crippen molar-refractivity contribution in [3.8, 4) is 11.8 Å². The summed E-state index contributed by atoms with van der Waals surface area (Å²) in [6, 6.07) is 11.8. The number of fused-ring (bicyclic) bond motifs is 1. The highest BCUT2D eigenvalue weighted by atomic mass is 32.1. The van der Waals surface area contributed by atoms with Crippen molar-refractivity contribution in [3.63, 3.8) is 0 Å². The van der Waals surface area contributed by atoms with Crippen LogP contribution in [0.25, 0.3) is 0 Å². The number of rotatable bonds is 10. The number of aryl methyl sites for hydroxylation is 1. The summed E-state index contributed by atoms with van der Waals surface area (Å²) in [5, 5.41) is 16.8. The van der Waals surface area contributed by atoms with Gasteiger partial charge in [0.15, 0.2) is 0 Å². The van der Waals surface area contributed by atoms with Crippen molar-refractivity contribution < 1.29 is 19.1 Å². The molecule has 1 aromatic carbocycles. The third-order valence-electron chi connectivity index (χ3n) is 7.19. The predicted molar refractivity (Wildman–Crippen MR) is 145 cm³/mol. The van der Waals surface area contributed by atoms with Crippen molar-refractivity contribution >= 4 is 23.2 Å². The van der Waals surface area contributed by atoms with Crippen LogP contribution in [0.1, 0.15) is 70.8 Å². The van der Waals surface area contributed by atoms with Gasteiger partial charge in [-0.15, -0.1) is 11.3 Å². The number of ketones is 1. The number of hydrogen-bond donors (Lipinski definition) is 1. The van der Waals surface area contributed by atoms with E-state index in [1.54, 1.807) is 29.3 Å². The maximum atomic E-state index is 13.0. The van der Waals surface area contributed by atoms with E-state index in [9.17, 15) is 14.9 Å². The SMILES string of the molecule is COc1cccc(C(C)CC(=O)Cc2sc3c(c2C#N)CCC(COC(=O)NC(C)c2ccnn2C)C3)c1. The maximum absolute atomic E-state index is 13.0. The standard InChI is InChI=1S/C29H34N4O4S/c1-18(21-6-5-7-23(14-21)36-4)12-22(34)15-28-25(16-30)24-9-8-20(13-27(24)38-28)17-37-29(35)32-19(2)26-10-11-31-33(26)3/h5-7,10-11,14,18-20H,8-9,12-13,15,17H2,1-4H3,(H,32,35).